The highest BCUT2D eigenvalue weighted by Crippen LogP contribution is 2.11. The van der Waals surface area contributed by atoms with Gasteiger partial charge in [-0.3, -0.25) is 14.2 Å². The molecule has 128 valence electrons. The maximum absolute atomic E-state index is 12.3. The molecule has 7 nitrogen and oxygen atoms in total. The van der Waals surface area contributed by atoms with Crippen LogP contribution in [0.1, 0.15) is 30.1 Å². The van der Waals surface area contributed by atoms with Crippen LogP contribution in [0.15, 0.2) is 27.8 Å². The first kappa shape index (κ1) is 16.4. The van der Waals surface area contributed by atoms with Crippen molar-refractivity contribution < 1.29 is 4.79 Å². The summed E-state index contributed by atoms with van der Waals surface area (Å²) >= 11 is 0. The predicted molar refractivity (Wildman–Crippen MR) is 92.4 cm³/mol. The molecule has 3 rings (SSSR count). The van der Waals surface area contributed by atoms with Crippen LogP contribution in [0, 0.1) is 5.92 Å². The Balaban J connectivity index is 1.81. The standard InChI is InChI=1S/C17H22N4O3/c1-2-21-16(23)13-6-5-12(8-14(13)20-17(21)24)15(22)19-10-11-4-3-7-18-9-11/h5-6,8,11,18H,2-4,7,9-10H2,1H3,(H,19,22)(H,20,24). The molecule has 0 saturated carbocycles. The molecule has 1 saturated heterocycles. The maximum Gasteiger partial charge on any atom is 0.328 e. The second kappa shape index (κ2) is 7.00. The molecule has 0 radical (unpaired) electrons. The number of rotatable bonds is 4. The number of fused-ring (bicyclic) bond motifs is 1. The lowest BCUT2D eigenvalue weighted by molar-refractivity contribution is 0.0945. The summed E-state index contributed by atoms with van der Waals surface area (Å²) in [6, 6.07) is 4.78. The molecule has 1 aliphatic heterocycles. The summed E-state index contributed by atoms with van der Waals surface area (Å²) in [5, 5.41) is 6.66. The van der Waals surface area contributed by atoms with E-state index in [-0.39, 0.29) is 11.5 Å². The van der Waals surface area contributed by atoms with Crippen LogP contribution in [0.5, 0.6) is 0 Å². The van der Waals surface area contributed by atoms with Crippen molar-refractivity contribution in [3.05, 3.63) is 44.6 Å². The van der Waals surface area contributed by atoms with E-state index in [0.717, 1.165) is 30.5 Å². The maximum atomic E-state index is 12.3. The molecule has 0 spiro atoms. The van der Waals surface area contributed by atoms with E-state index in [0.29, 0.717) is 35.5 Å². The number of hydrogen-bond acceptors (Lipinski definition) is 4. The quantitative estimate of drug-likeness (QED) is 0.758. The molecular weight excluding hydrogens is 308 g/mol. The Kier molecular flexibility index (Phi) is 4.80. The number of aromatic nitrogens is 2. The normalized spacial score (nSPS) is 17.8. The van der Waals surface area contributed by atoms with Crippen LogP contribution in [0.4, 0.5) is 0 Å². The summed E-state index contributed by atoms with van der Waals surface area (Å²) in [5.74, 6) is 0.253. The van der Waals surface area contributed by atoms with Gasteiger partial charge < -0.3 is 15.6 Å². The number of H-pyrrole nitrogens is 1. The van der Waals surface area contributed by atoms with Gasteiger partial charge in [-0.05, 0) is 57.0 Å². The van der Waals surface area contributed by atoms with Gasteiger partial charge in [0.25, 0.3) is 11.5 Å². The molecule has 1 aromatic carbocycles. The molecule has 1 unspecified atom stereocenters. The minimum absolute atomic E-state index is 0.192. The van der Waals surface area contributed by atoms with Gasteiger partial charge in [-0.15, -0.1) is 0 Å². The van der Waals surface area contributed by atoms with Gasteiger partial charge in [-0.2, -0.15) is 0 Å². The molecule has 7 heteroatoms. The van der Waals surface area contributed by atoms with Gasteiger partial charge in [0, 0.05) is 18.7 Å². The van der Waals surface area contributed by atoms with E-state index in [9.17, 15) is 14.4 Å². The highest BCUT2D eigenvalue weighted by atomic mass is 16.2. The molecule has 0 aliphatic carbocycles. The molecule has 1 fully saturated rings. The largest absolute Gasteiger partial charge is 0.352 e. The van der Waals surface area contributed by atoms with Crippen LogP contribution in [-0.4, -0.2) is 35.1 Å². The van der Waals surface area contributed by atoms with E-state index in [2.05, 4.69) is 15.6 Å². The Bertz CT molecular complexity index is 862. The number of carbonyl (C=O) groups excluding carboxylic acids is 1. The van der Waals surface area contributed by atoms with E-state index >= 15 is 0 Å². The van der Waals surface area contributed by atoms with Gasteiger partial charge >= 0.3 is 5.69 Å². The van der Waals surface area contributed by atoms with Crippen molar-refractivity contribution in [1.82, 2.24) is 20.2 Å². The second-order valence-corrected chi connectivity index (χ2v) is 6.16. The average molecular weight is 330 g/mol. The third-order valence-corrected chi connectivity index (χ3v) is 4.51. The summed E-state index contributed by atoms with van der Waals surface area (Å²) in [6.45, 7) is 4.63. The van der Waals surface area contributed by atoms with Crippen LogP contribution in [0.3, 0.4) is 0 Å². The highest BCUT2D eigenvalue weighted by molar-refractivity contribution is 5.97. The number of nitrogens with zero attached hydrogens (tertiary/aromatic N) is 1. The Morgan fingerprint density at radius 2 is 2.21 bits per heavy atom. The van der Waals surface area contributed by atoms with Crippen molar-refractivity contribution in [2.24, 2.45) is 5.92 Å². The van der Waals surface area contributed by atoms with Crippen LogP contribution in [-0.2, 0) is 6.54 Å². The summed E-state index contributed by atoms with van der Waals surface area (Å²) in [7, 11) is 0. The van der Waals surface area contributed by atoms with Crippen molar-refractivity contribution in [1.29, 1.82) is 0 Å². The number of nitrogens with one attached hydrogen (secondary N) is 3. The molecule has 1 aliphatic rings. The second-order valence-electron chi connectivity index (χ2n) is 6.16. The topological polar surface area (TPSA) is 96.0 Å². The smallest absolute Gasteiger partial charge is 0.328 e. The molecular formula is C17H22N4O3. The minimum atomic E-state index is -0.458. The first-order chi connectivity index (χ1) is 11.6. The van der Waals surface area contributed by atoms with E-state index in [1.807, 2.05) is 0 Å². The van der Waals surface area contributed by atoms with Gasteiger partial charge in [0.1, 0.15) is 0 Å². The Labute approximate surface area is 139 Å². The van der Waals surface area contributed by atoms with Gasteiger partial charge in [-0.1, -0.05) is 0 Å². The Morgan fingerprint density at radius 1 is 1.38 bits per heavy atom. The lowest BCUT2D eigenvalue weighted by Crippen LogP contribution is -2.38. The lowest BCUT2D eigenvalue weighted by Gasteiger charge is -2.22. The van der Waals surface area contributed by atoms with Gasteiger partial charge in [0.2, 0.25) is 0 Å². The molecule has 1 atom stereocenters. The van der Waals surface area contributed by atoms with Crippen molar-refractivity contribution in [3.8, 4) is 0 Å². The third-order valence-electron chi connectivity index (χ3n) is 4.51. The zero-order chi connectivity index (χ0) is 17.1. The number of benzene rings is 1. The first-order valence-corrected chi connectivity index (χ1v) is 8.36. The van der Waals surface area contributed by atoms with E-state index in [4.69, 9.17) is 0 Å². The Morgan fingerprint density at radius 3 is 2.92 bits per heavy atom. The fourth-order valence-corrected chi connectivity index (χ4v) is 3.12. The van der Waals surface area contributed by atoms with Gasteiger partial charge in [-0.25, -0.2) is 4.79 Å². The van der Waals surface area contributed by atoms with Crippen molar-refractivity contribution >= 4 is 16.8 Å². The zero-order valence-corrected chi connectivity index (χ0v) is 13.7. The Hall–Kier alpha value is -2.41. The summed E-state index contributed by atoms with van der Waals surface area (Å²) < 4.78 is 1.14. The molecule has 2 heterocycles. The summed E-state index contributed by atoms with van der Waals surface area (Å²) in [4.78, 5) is 39.1. The fraction of sp³-hybridized carbons (Fsp3) is 0.471. The number of piperidine rings is 1. The van der Waals surface area contributed by atoms with Crippen molar-refractivity contribution in [2.75, 3.05) is 19.6 Å². The van der Waals surface area contributed by atoms with Crippen LogP contribution in [0.25, 0.3) is 10.9 Å². The molecule has 1 amide bonds. The summed E-state index contributed by atoms with van der Waals surface area (Å²) in [5.41, 5.74) is 0.0366. The van der Waals surface area contributed by atoms with Gasteiger partial charge in [0.15, 0.2) is 0 Å². The zero-order valence-electron chi connectivity index (χ0n) is 13.7. The lowest BCUT2D eigenvalue weighted by atomic mass is 9.99. The molecule has 3 N–H and O–H groups in total. The number of hydrogen-bond donors (Lipinski definition) is 3. The third kappa shape index (κ3) is 3.26. The van der Waals surface area contributed by atoms with Crippen molar-refractivity contribution in [3.63, 3.8) is 0 Å². The average Bonchev–Trinajstić information content (AvgIpc) is 2.60. The molecule has 1 aromatic heterocycles. The highest BCUT2D eigenvalue weighted by Gasteiger charge is 2.15. The molecule has 0 bridgehead atoms. The minimum Gasteiger partial charge on any atom is -0.352 e. The van der Waals surface area contributed by atoms with E-state index < -0.39 is 5.69 Å². The van der Waals surface area contributed by atoms with Crippen LogP contribution in [0.2, 0.25) is 0 Å². The number of carbonyl (C=O) groups is 1. The van der Waals surface area contributed by atoms with E-state index in [1.54, 1.807) is 25.1 Å². The molecule has 24 heavy (non-hydrogen) atoms. The van der Waals surface area contributed by atoms with Crippen LogP contribution < -0.4 is 21.9 Å². The van der Waals surface area contributed by atoms with Crippen molar-refractivity contribution in [2.45, 2.75) is 26.3 Å². The monoisotopic (exact) mass is 330 g/mol. The SMILES string of the molecule is CCn1c(=O)[nH]c2cc(C(=O)NCC3CCCNC3)ccc2c1=O. The summed E-state index contributed by atoms with van der Waals surface area (Å²) in [6.07, 6.45) is 2.23. The van der Waals surface area contributed by atoms with Gasteiger partial charge in [0.05, 0.1) is 10.9 Å². The number of amides is 1. The number of aromatic amines is 1. The molecule has 2 aromatic rings. The van der Waals surface area contributed by atoms with Crippen LogP contribution >= 0.6 is 0 Å². The van der Waals surface area contributed by atoms with E-state index in [1.165, 1.54) is 0 Å². The predicted octanol–water partition coefficient (Wildman–Crippen LogP) is 0.439. The first-order valence-electron chi connectivity index (χ1n) is 8.36. The fourth-order valence-electron chi connectivity index (χ4n) is 3.12.